The van der Waals surface area contributed by atoms with Crippen LogP contribution in [0.1, 0.15) is 29.6 Å². The van der Waals surface area contributed by atoms with Crippen molar-refractivity contribution in [2.75, 3.05) is 114 Å². The number of carbonyl (C=O) groups excluding carboxylic acids is 4. The van der Waals surface area contributed by atoms with Gasteiger partial charge in [-0.3, -0.25) is 33.8 Å². The van der Waals surface area contributed by atoms with E-state index in [0.29, 0.717) is 78.3 Å². The van der Waals surface area contributed by atoms with Gasteiger partial charge in [-0.15, -0.1) is 0 Å². The lowest BCUT2D eigenvalue weighted by Crippen LogP contribution is -2.56. The number of esters is 1. The van der Waals surface area contributed by atoms with E-state index in [-0.39, 0.29) is 76.0 Å². The minimum Gasteiger partial charge on any atom is -0.494 e. The van der Waals surface area contributed by atoms with Gasteiger partial charge in [0.05, 0.1) is 101 Å². The topological polar surface area (TPSA) is 264 Å². The summed E-state index contributed by atoms with van der Waals surface area (Å²) >= 11 is 0. The number of aromatic nitrogens is 5. The quantitative estimate of drug-likeness (QED) is 0.0142. The summed E-state index contributed by atoms with van der Waals surface area (Å²) in [6.07, 6.45) is 16.6. The van der Waals surface area contributed by atoms with Crippen molar-refractivity contribution in [3.63, 3.8) is 0 Å². The number of ketones is 1. The predicted octanol–water partition coefficient (Wildman–Crippen LogP) is 4.49. The van der Waals surface area contributed by atoms with Crippen LogP contribution in [0.4, 0.5) is 22.9 Å². The van der Waals surface area contributed by atoms with Gasteiger partial charge in [0, 0.05) is 99.2 Å². The first-order valence-corrected chi connectivity index (χ1v) is 26.2. The summed E-state index contributed by atoms with van der Waals surface area (Å²) in [6, 6.07) is 21.6. The summed E-state index contributed by atoms with van der Waals surface area (Å²) in [5.74, 6) is -1.25. The van der Waals surface area contributed by atoms with Gasteiger partial charge in [0.15, 0.2) is 17.4 Å². The Balaban J connectivity index is 0.729. The van der Waals surface area contributed by atoms with Gasteiger partial charge in [-0.2, -0.15) is 0 Å². The molecule has 2 amide bonds. The van der Waals surface area contributed by atoms with E-state index in [9.17, 15) is 24.0 Å². The zero-order chi connectivity index (χ0) is 56.1. The molecule has 0 bridgehead atoms. The number of anilines is 4. The van der Waals surface area contributed by atoms with Gasteiger partial charge in [-0.05, 0) is 61.4 Å². The molecule has 2 atom stereocenters. The van der Waals surface area contributed by atoms with Crippen LogP contribution in [0.5, 0.6) is 5.75 Å². The van der Waals surface area contributed by atoms with E-state index in [2.05, 4.69) is 57.6 Å². The highest BCUT2D eigenvalue weighted by molar-refractivity contribution is 5.98. The van der Waals surface area contributed by atoms with Gasteiger partial charge in [-0.25, -0.2) is 20.4 Å². The minimum atomic E-state index is -1.20. The number of rotatable bonds is 29. The first kappa shape index (κ1) is 57.6. The maximum absolute atomic E-state index is 14.4. The van der Waals surface area contributed by atoms with Crippen molar-refractivity contribution < 1.29 is 47.7 Å². The van der Waals surface area contributed by atoms with Gasteiger partial charge in [-0.1, -0.05) is 30.3 Å². The summed E-state index contributed by atoms with van der Waals surface area (Å²) in [5.41, 5.74) is 5.92. The number of amides is 2. The standard InChI is InChI=1S/C57H66N12O11/c1-58-55(73)42-18-20-57(63-35-42,65-47-13-6-12-46(53(47)76-3)54-60-21-8-22-61-54)66-50-16-14-41(34-62-50)49(70)19-23-64-80-32-31-79-30-29-78-28-27-77-26-25-69(44-15-17-51(71)68(38-44)39-52(72)75-2)56(74)43-10-7-24-67(37-43)48-36-59-33-40-9-4-5-11-45(40)48/h4-6,8-9,11-18,20-22,33-36,38,43,63-65H,7,10,19,23-32,37,39H2,1-3H3,(H,58,73)(H,62,66)/t43-,57?/m0/s1. The summed E-state index contributed by atoms with van der Waals surface area (Å²) in [6.45, 7) is 3.36. The molecule has 23 heteroatoms. The van der Waals surface area contributed by atoms with Crippen molar-refractivity contribution in [2.45, 2.75) is 31.6 Å². The van der Waals surface area contributed by atoms with E-state index in [1.54, 1.807) is 74.1 Å². The summed E-state index contributed by atoms with van der Waals surface area (Å²) < 4.78 is 29.1. The number of ether oxygens (including phenoxy) is 5. The number of methoxy groups -OCH3 is 2. The average molecular weight is 1100 g/mol. The molecule has 1 saturated heterocycles. The van der Waals surface area contributed by atoms with Crippen molar-refractivity contribution in [3.8, 4) is 17.1 Å². The molecule has 2 aromatic carbocycles. The van der Waals surface area contributed by atoms with E-state index in [1.807, 2.05) is 48.8 Å². The smallest absolute Gasteiger partial charge is 0.325 e. The summed E-state index contributed by atoms with van der Waals surface area (Å²) in [5, 5.41) is 14.8. The van der Waals surface area contributed by atoms with E-state index in [4.69, 9.17) is 28.5 Å². The molecule has 0 aliphatic carbocycles. The molecule has 4 aromatic heterocycles. The normalized spacial score (nSPS) is 15.8. The number of likely N-dealkylation sites (N-methyl/N-ethyl adjacent to an activating group) is 1. The number of dihydropyridines is 1. The Hall–Kier alpha value is -8.61. The molecule has 6 aromatic rings. The van der Waals surface area contributed by atoms with Gasteiger partial charge < -0.3 is 59.3 Å². The molecule has 0 radical (unpaired) electrons. The SMILES string of the molecule is CNC(=O)C1=CNC(Nc2ccc(C(=O)CCNOCCOCCOCCOCCN(C(=O)[C@H]3CCCN(c4cncc5ccccc45)C3)c3ccc(=O)n(CC(=O)OC)c3)cn2)(Nc2cccc(-c3ncccn3)c2OC)C=C1. The number of fused-ring (bicyclic) bond motifs is 1. The number of nitrogens with zero attached hydrogens (tertiary/aromatic N) is 7. The molecule has 5 N–H and O–H groups in total. The maximum Gasteiger partial charge on any atom is 0.325 e. The lowest BCUT2D eigenvalue weighted by Gasteiger charge is -2.37. The van der Waals surface area contributed by atoms with Gasteiger partial charge in [0.1, 0.15) is 12.4 Å². The van der Waals surface area contributed by atoms with Crippen LogP contribution in [0.15, 0.2) is 139 Å². The monoisotopic (exact) mass is 1090 g/mol. The highest BCUT2D eigenvalue weighted by Crippen LogP contribution is 2.37. The summed E-state index contributed by atoms with van der Waals surface area (Å²) in [7, 11) is 4.37. The molecule has 0 spiro atoms. The maximum atomic E-state index is 14.4. The number of Topliss-reactive ketones (excluding diaryl/α,β-unsaturated/α-hetero) is 1. The minimum absolute atomic E-state index is 0.112. The first-order chi connectivity index (χ1) is 39.1. The number of para-hydroxylation sites is 1. The Labute approximate surface area is 462 Å². The second-order valence-electron chi connectivity index (χ2n) is 18.4. The van der Waals surface area contributed by atoms with Crippen LogP contribution in [0.2, 0.25) is 0 Å². The van der Waals surface area contributed by atoms with Crippen molar-refractivity contribution in [1.82, 2.24) is 40.6 Å². The van der Waals surface area contributed by atoms with Crippen LogP contribution in [0.25, 0.3) is 22.2 Å². The van der Waals surface area contributed by atoms with Crippen molar-refractivity contribution in [1.29, 1.82) is 0 Å². The number of nitrogens with one attached hydrogen (secondary N) is 5. The molecule has 8 rings (SSSR count). The fourth-order valence-electron chi connectivity index (χ4n) is 9.09. The lowest BCUT2D eigenvalue weighted by atomic mass is 9.95. The molecule has 2 aliphatic rings. The lowest BCUT2D eigenvalue weighted by molar-refractivity contribution is -0.141. The van der Waals surface area contributed by atoms with E-state index in [0.717, 1.165) is 29.4 Å². The number of piperidine rings is 1. The molecule has 80 heavy (non-hydrogen) atoms. The molecular weight excluding hydrogens is 1030 g/mol. The second-order valence-corrected chi connectivity index (χ2v) is 18.4. The number of hydrogen-bond donors (Lipinski definition) is 5. The van der Waals surface area contributed by atoms with Crippen LogP contribution in [0.3, 0.4) is 0 Å². The molecule has 1 fully saturated rings. The zero-order valence-electron chi connectivity index (χ0n) is 44.9. The third kappa shape index (κ3) is 15.4. The third-order valence-corrected chi connectivity index (χ3v) is 13.1. The molecule has 6 heterocycles. The fraction of sp³-hybridized carbons (Fsp3) is 0.351. The van der Waals surface area contributed by atoms with E-state index >= 15 is 0 Å². The molecule has 420 valence electrons. The zero-order valence-corrected chi connectivity index (χ0v) is 44.9. The number of hydrogen-bond acceptors (Lipinski definition) is 20. The van der Waals surface area contributed by atoms with Crippen LogP contribution in [-0.4, -0.2) is 148 Å². The Morgan fingerprint density at radius 2 is 1.62 bits per heavy atom. The number of pyridine rings is 3. The van der Waals surface area contributed by atoms with E-state index in [1.165, 1.54) is 30.1 Å². The van der Waals surface area contributed by atoms with Gasteiger partial charge >= 0.3 is 5.97 Å². The Kier molecular flexibility index (Phi) is 20.8. The molecule has 2 aliphatic heterocycles. The van der Waals surface area contributed by atoms with Crippen LogP contribution >= 0.6 is 0 Å². The van der Waals surface area contributed by atoms with Crippen LogP contribution in [0, 0.1) is 5.92 Å². The van der Waals surface area contributed by atoms with Crippen LogP contribution < -0.4 is 46.8 Å². The molecular formula is C57H66N12O11. The third-order valence-electron chi connectivity index (χ3n) is 13.1. The highest BCUT2D eigenvalue weighted by Gasteiger charge is 2.33. The molecule has 23 nitrogen and oxygen atoms in total. The number of hydroxylamine groups is 1. The van der Waals surface area contributed by atoms with Crippen molar-refractivity contribution >= 4 is 57.2 Å². The average Bonchev–Trinajstić information content (AvgIpc) is 3.50. The van der Waals surface area contributed by atoms with Crippen molar-refractivity contribution in [2.24, 2.45) is 5.92 Å². The van der Waals surface area contributed by atoms with Crippen molar-refractivity contribution in [3.05, 3.63) is 150 Å². The summed E-state index contributed by atoms with van der Waals surface area (Å²) in [4.78, 5) is 91.8. The largest absolute Gasteiger partial charge is 0.494 e. The Bertz CT molecular complexity index is 3170. The molecule has 1 unspecified atom stereocenters. The Morgan fingerprint density at radius 1 is 0.838 bits per heavy atom. The first-order valence-electron chi connectivity index (χ1n) is 26.2. The number of benzene rings is 2. The van der Waals surface area contributed by atoms with Crippen LogP contribution in [-0.2, 0) is 44.7 Å². The van der Waals surface area contributed by atoms with Gasteiger partial charge in [0.25, 0.3) is 11.5 Å². The predicted molar refractivity (Wildman–Crippen MR) is 300 cm³/mol. The second kappa shape index (κ2) is 28.8. The van der Waals surface area contributed by atoms with E-state index < -0.39 is 17.3 Å². The Morgan fingerprint density at radius 3 is 2.36 bits per heavy atom. The molecule has 0 saturated carbocycles. The van der Waals surface area contributed by atoms with Gasteiger partial charge in [0.2, 0.25) is 11.7 Å². The number of carbonyl (C=O) groups is 4. The highest BCUT2D eigenvalue weighted by atomic mass is 16.7. The fourth-order valence-corrected chi connectivity index (χ4v) is 9.09.